The standard InChI is InChI=1S/C18H18N4O3S/c1-2-12-11-15(23)22-17(19-12)26-16(20-22)14-9-6-10-21(14)18(24)25-13-7-4-3-5-8-13/h3-5,7-8,11,14H,2,6,9-10H2,1H3. The number of nitrogens with zero attached hydrogens (tertiary/aromatic N) is 4. The minimum Gasteiger partial charge on any atom is -0.410 e. The van der Waals surface area contributed by atoms with Gasteiger partial charge in [0.05, 0.1) is 6.04 Å². The van der Waals surface area contributed by atoms with Crippen LogP contribution in [0.2, 0.25) is 0 Å². The van der Waals surface area contributed by atoms with Gasteiger partial charge in [-0.3, -0.25) is 9.69 Å². The molecule has 8 heteroatoms. The van der Waals surface area contributed by atoms with E-state index in [4.69, 9.17) is 4.74 Å². The summed E-state index contributed by atoms with van der Waals surface area (Å²) in [4.78, 5) is 31.5. The second-order valence-corrected chi connectivity index (χ2v) is 7.09. The maximum absolute atomic E-state index is 12.6. The first kappa shape index (κ1) is 16.7. The third-order valence-electron chi connectivity index (χ3n) is 4.40. The van der Waals surface area contributed by atoms with E-state index in [2.05, 4.69) is 10.1 Å². The molecular weight excluding hydrogens is 352 g/mol. The molecule has 0 spiro atoms. The van der Waals surface area contributed by atoms with Gasteiger partial charge in [-0.25, -0.2) is 9.78 Å². The van der Waals surface area contributed by atoms with E-state index in [9.17, 15) is 9.59 Å². The molecule has 0 radical (unpaired) electrons. The molecule has 0 saturated carbocycles. The van der Waals surface area contributed by atoms with E-state index in [1.807, 2.05) is 25.1 Å². The van der Waals surface area contributed by atoms with Gasteiger partial charge in [0.15, 0.2) is 0 Å². The third kappa shape index (κ3) is 3.08. The lowest BCUT2D eigenvalue weighted by atomic mass is 10.2. The van der Waals surface area contributed by atoms with Crippen LogP contribution in [0.5, 0.6) is 5.75 Å². The number of hydrogen-bond donors (Lipinski definition) is 0. The summed E-state index contributed by atoms with van der Waals surface area (Å²) < 4.78 is 6.78. The number of hydrogen-bond acceptors (Lipinski definition) is 6. The number of likely N-dealkylation sites (tertiary alicyclic amines) is 1. The van der Waals surface area contributed by atoms with Gasteiger partial charge in [-0.05, 0) is 31.4 Å². The second kappa shape index (κ2) is 6.87. The van der Waals surface area contributed by atoms with Crippen molar-refractivity contribution in [3.8, 4) is 5.75 Å². The highest BCUT2D eigenvalue weighted by Gasteiger charge is 2.34. The molecular formula is C18H18N4O3S. The first-order valence-electron chi connectivity index (χ1n) is 8.59. The largest absolute Gasteiger partial charge is 0.415 e. The molecule has 0 bridgehead atoms. The van der Waals surface area contributed by atoms with Crippen molar-refractivity contribution in [2.75, 3.05) is 6.54 Å². The molecule has 2 aromatic heterocycles. The average molecular weight is 370 g/mol. The van der Waals surface area contributed by atoms with Crippen molar-refractivity contribution >= 4 is 22.4 Å². The van der Waals surface area contributed by atoms with Gasteiger partial charge >= 0.3 is 6.09 Å². The molecule has 1 atom stereocenters. The number of rotatable bonds is 3. The zero-order valence-electron chi connectivity index (χ0n) is 14.3. The molecule has 1 aliphatic heterocycles. The van der Waals surface area contributed by atoms with Crippen LogP contribution in [0.1, 0.15) is 36.5 Å². The van der Waals surface area contributed by atoms with Gasteiger partial charge in [-0.1, -0.05) is 36.5 Å². The van der Waals surface area contributed by atoms with Crippen LogP contribution in [-0.2, 0) is 6.42 Å². The highest BCUT2D eigenvalue weighted by atomic mass is 32.1. The third-order valence-corrected chi connectivity index (χ3v) is 5.41. The van der Waals surface area contributed by atoms with Gasteiger partial charge in [-0.15, -0.1) is 0 Å². The topological polar surface area (TPSA) is 76.8 Å². The van der Waals surface area contributed by atoms with Crippen molar-refractivity contribution in [3.63, 3.8) is 0 Å². The van der Waals surface area contributed by atoms with E-state index in [1.165, 1.54) is 21.9 Å². The molecule has 0 N–H and O–H groups in total. The van der Waals surface area contributed by atoms with Gasteiger partial charge in [0.2, 0.25) is 4.96 Å². The molecule has 3 aromatic rings. The number of aryl methyl sites for hydroxylation is 1. The van der Waals surface area contributed by atoms with Crippen LogP contribution in [0, 0.1) is 0 Å². The molecule has 26 heavy (non-hydrogen) atoms. The number of benzene rings is 1. The van der Waals surface area contributed by atoms with E-state index in [-0.39, 0.29) is 11.6 Å². The number of aromatic nitrogens is 3. The van der Waals surface area contributed by atoms with Crippen LogP contribution >= 0.6 is 11.3 Å². The van der Waals surface area contributed by atoms with Crippen LogP contribution in [0.4, 0.5) is 4.79 Å². The summed E-state index contributed by atoms with van der Waals surface area (Å²) in [7, 11) is 0. The Balaban J connectivity index is 1.62. The lowest BCUT2D eigenvalue weighted by Gasteiger charge is -2.21. The van der Waals surface area contributed by atoms with Gasteiger partial charge in [0.25, 0.3) is 5.56 Å². The molecule has 1 aromatic carbocycles. The number of carbonyl (C=O) groups excluding carboxylic acids is 1. The maximum Gasteiger partial charge on any atom is 0.415 e. The van der Waals surface area contributed by atoms with Crippen molar-refractivity contribution in [2.24, 2.45) is 0 Å². The van der Waals surface area contributed by atoms with Gasteiger partial charge in [0.1, 0.15) is 10.8 Å². The Hall–Kier alpha value is -2.74. The van der Waals surface area contributed by atoms with Crippen LogP contribution in [0.3, 0.4) is 0 Å². The Morgan fingerprint density at radius 1 is 1.35 bits per heavy atom. The van der Waals surface area contributed by atoms with E-state index < -0.39 is 6.09 Å². The number of carbonyl (C=O) groups is 1. The molecule has 1 amide bonds. The summed E-state index contributed by atoms with van der Waals surface area (Å²) in [6.45, 7) is 2.56. The van der Waals surface area contributed by atoms with E-state index >= 15 is 0 Å². The van der Waals surface area contributed by atoms with Crippen molar-refractivity contribution in [2.45, 2.75) is 32.2 Å². The Labute approximate surface area is 153 Å². The zero-order valence-corrected chi connectivity index (χ0v) is 15.1. The molecule has 1 fully saturated rings. The Kier molecular flexibility index (Phi) is 4.42. The van der Waals surface area contributed by atoms with Crippen LogP contribution in [0.15, 0.2) is 41.2 Å². The molecule has 3 heterocycles. The van der Waals surface area contributed by atoms with E-state index in [0.717, 1.165) is 18.5 Å². The van der Waals surface area contributed by atoms with Crippen LogP contribution in [0.25, 0.3) is 4.96 Å². The molecule has 7 nitrogen and oxygen atoms in total. The number of ether oxygens (including phenoxy) is 1. The summed E-state index contributed by atoms with van der Waals surface area (Å²) in [6.07, 6.45) is 1.96. The SMILES string of the molecule is CCc1cc(=O)n2nc(C3CCCN3C(=O)Oc3ccccc3)sc2n1. The Bertz CT molecular complexity index is 999. The van der Waals surface area contributed by atoms with E-state index in [1.54, 1.807) is 17.0 Å². The fourth-order valence-electron chi connectivity index (χ4n) is 3.08. The van der Waals surface area contributed by atoms with Crippen molar-refractivity contribution in [1.82, 2.24) is 19.5 Å². The van der Waals surface area contributed by atoms with Crippen LogP contribution < -0.4 is 10.3 Å². The number of para-hydroxylation sites is 1. The molecule has 1 unspecified atom stereocenters. The Morgan fingerprint density at radius 3 is 2.92 bits per heavy atom. The smallest absolute Gasteiger partial charge is 0.410 e. The highest BCUT2D eigenvalue weighted by molar-refractivity contribution is 7.16. The van der Waals surface area contributed by atoms with Crippen molar-refractivity contribution in [3.05, 3.63) is 57.5 Å². The summed E-state index contributed by atoms with van der Waals surface area (Å²) >= 11 is 1.36. The fraction of sp³-hybridized carbons (Fsp3) is 0.333. The first-order valence-corrected chi connectivity index (χ1v) is 9.40. The molecule has 4 rings (SSSR count). The molecule has 0 aliphatic carbocycles. The maximum atomic E-state index is 12.6. The lowest BCUT2D eigenvalue weighted by molar-refractivity contribution is 0.147. The number of amides is 1. The fourth-order valence-corrected chi connectivity index (χ4v) is 4.15. The van der Waals surface area contributed by atoms with Crippen molar-refractivity contribution in [1.29, 1.82) is 0 Å². The quantitative estimate of drug-likeness (QED) is 0.708. The van der Waals surface area contributed by atoms with Gasteiger partial charge in [0, 0.05) is 18.3 Å². The number of fused-ring (bicyclic) bond motifs is 1. The minimum absolute atomic E-state index is 0.189. The second-order valence-electron chi connectivity index (χ2n) is 6.11. The van der Waals surface area contributed by atoms with Crippen molar-refractivity contribution < 1.29 is 9.53 Å². The average Bonchev–Trinajstić information content (AvgIpc) is 3.29. The summed E-state index contributed by atoms with van der Waals surface area (Å²) in [5.41, 5.74) is 0.558. The van der Waals surface area contributed by atoms with E-state index in [0.29, 0.717) is 28.7 Å². The summed E-state index contributed by atoms with van der Waals surface area (Å²) in [5, 5.41) is 5.13. The molecule has 1 aliphatic rings. The lowest BCUT2D eigenvalue weighted by Crippen LogP contribution is -2.33. The monoisotopic (exact) mass is 370 g/mol. The highest BCUT2D eigenvalue weighted by Crippen LogP contribution is 2.34. The predicted octanol–water partition coefficient (Wildman–Crippen LogP) is 3.05. The normalized spacial score (nSPS) is 17.0. The summed E-state index contributed by atoms with van der Waals surface area (Å²) in [6, 6.07) is 10.3. The Morgan fingerprint density at radius 2 is 2.15 bits per heavy atom. The van der Waals surface area contributed by atoms with Gasteiger partial charge < -0.3 is 4.74 Å². The van der Waals surface area contributed by atoms with Crippen LogP contribution in [-0.4, -0.2) is 32.1 Å². The zero-order chi connectivity index (χ0) is 18.1. The first-order chi connectivity index (χ1) is 12.7. The predicted molar refractivity (Wildman–Crippen MR) is 97.7 cm³/mol. The minimum atomic E-state index is -0.396. The molecule has 1 saturated heterocycles. The molecule has 134 valence electrons. The summed E-state index contributed by atoms with van der Waals surface area (Å²) in [5.74, 6) is 0.512. The van der Waals surface area contributed by atoms with Gasteiger partial charge in [-0.2, -0.15) is 9.61 Å².